The van der Waals surface area contributed by atoms with Crippen molar-refractivity contribution in [2.24, 2.45) is 11.7 Å². The zero-order valence-electron chi connectivity index (χ0n) is 9.51. The standard InChI is InChI=1S/C12H13N3OS/c1-7-2-3-9-10(4-7)17-12(14-9)15-5-8(6-15)11(13)16/h2-4,8H,5-6H2,1H3,(H2,13,16). The molecule has 0 atom stereocenters. The Hall–Kier alpha value is -1.62. The van der Waals surface area contributed by atoms with Crippen LogP contribution in [0.5, 0.6) is 0 Å². The first-order valence-corrected chi connectivity index (χ1v) is 6.36. The van der Waals surface area contributed by atoms with Crippen LogP contribution in [0.25, 0.3) is 10.2 Å². The minimum Gasteiger partial charge on any atom is -0.369 e. The van der Waals surface area contributed by atoms with Crippen LogP contribution < -0.4 is 10.6 Å². The monoisotopic (exact) mass is 247 g/mol. The molecule has 0 unspecified atom stereocenters. The fourth-order valence-corrected chi connectivity index (χ4v) is 3.05. The zero-order valence-corrected chi connectivity index (χ0v) is 10.3. The number of aromatic nitrogens is 1. The van der Waals surface area contributed by atoms with Gasteiger partial charge in [0.05, 0.1) is 16.1 Å². The summed E-state index contributed by atoms with van der Waals surface area (Å²) in [4.78, 5) is 17.6. The Morgan fingerprint density at radius 1 is 1.53 bits per heavy atom. The lowest BCUT2D eigenvalue weighted by Crippen LogP contribution is -2.52. The number of fused-ring (bicyclic) bond motifs is 1. The quantitative estimate of drug-likeness (QED) is 0.875. The number of nitrogens with two attached hydrogens (primary N) is 1. The lowest BCUT2D eigenvalue weighted by atomic mass is 10.0. The highest BCUT2D eigenvalue weighted by Gasteiger charge is 2.32. The number of hydrogen-bond donors (Lipinski definition) is 1. The van der Waals surface area contributed by atoms with E-state index in [1.54, 1.807) is 11.3 Å². The van der Waals surface area contributed by atoms with Gasteiger partial charge in [0.15, 0.2) is 5.13 Å². The highest BCUT2D eigenvalue weighted by atomic mass is 32.1. The molecule has 2 heterocycles. The normalized spacial score (nSPS) is 16.2. The van der Waals surface area contributed by atoms with Crippen LogP contribution in [-0.4, -0.2) is 24.0 Å². The summed E-state index contributed by atoms with van der Waals surface area (Å²) in [5.74, 6) is -0.220. The van der Waals surface area contributed by atoms with Crippen molar-refractivity contribution in [1.29, 1.82) is 0 Å². The van der Waals surface area contributed by atoms with E-state index in [1.165, 1.54) is 10.3 Å². The number of amides is 1. The summed E-state index contributed by atoms with van der Waals surface area (Å²) in [6.45, 7) is 3.48. The minimum absolute atomic E-state index is 0.0104. The molecule has 5 heteroatoms. The second-order valence-corrected chi connectivity index (χ2v) is 5.48. The molecule has 88 valence electrons. The average Bonchev–Trinajstić information content (AvgIpc) is 2.56. The van der Waals surface area contributed by atoms with Gasteiger partial charge in [0, 0.05) is 13.1 Å². The molecule has 3 rings (SSSR count). The van der Waals surface area contributed by atoms with Gasteiger partial charge in [-0.3, -0.25) is 4.79 Å². The summed E-state index contributed by atoms with van der Waals surface area (Å²) in [5.41, 5.74) is 7.52. The van der Waals surface area contributed by atoms with Gasteiger partial charge in [-0.1, -0.05) is 17.4 Å². The predicted molar refractivity (Wildman–Crippen MR) is 69.3 cm³/mol. The summed E-state index contributed by atoms with van der Waals surface area (Å²) < 4.78 is 1.20. The number of hydrogen-bond acceptors (Lipinski definition) is 4. The largest absolute Gasteiger partial charge is 0.369 e. The van der Waals surface area contributed by atoms with Crippen molar-refractivity contribution >= 4 is 32.6 Å². The molecule has 0 aliphatic carbocycles. The van der Waals surface area contributed by atoms with Gasteiger partial charge in [0.1, 0.15) is 0 Å². The minimum atomic E-state index is -0.210. The molecule has 1 aromatic carbocycles. The average molecular weight is 247 g/mol. The smallest absolute Gasteiger partial charge is 0.224 e. The molecule has 1 aliphatic rings. The Balaban J connectivity index is 1.85. The SMILES string of the molecule is Cc1ccc2nc(N3CC(C(N)=O)C3)sc2c1. The van der Waals surface area contributed by atoms with E-state index in [0.29, 0.717) is 13.1 Å². The molecule has 1 amide bonds. The van der Waals surface area contributed by atoms with E-state index in [-0.39, 0.29) is 11.8 Å². The Labute approximate surface area is 103 Å². The molecule has 2 N–H and O–H groups in total. The zero-order chi connectivity index (χ0) is 12.0. The van der Waals surface area contributed by atoms with Crippen LogP contribution in [0.15, 0.2) is 18.2 Å². The fourth-order valence-electron chi connectivity index (χ4n) is 1.97. The van der Waals surface area contributed by atoms with Crippen molar-refractivity contribution in [3.05, 3.63) is 23.8 Å². The number of benzene rings is 1. The first-order valence-electron chi connectivity index (χ1n) is 5.55. The van der Waals surface area contributed by atoms with E-state index in [2.05, 4.69) is 28.9 Å². The Morgan fingerprint density at radius 3 is 3.00 bits per heavy atom. The van der Waals surface area contributed by atoms with Gasteiger partial charge < -0.3 is 10.6 Å². The van der Waals surface area contributed by atoms with Crippen LogP contribution in [0, 0.1) is 12.8 Å². The third-order valence-corrected chi connectivity index (χ3v) is 4.17. The number of nitrogens with zero attached hydrogens (tertiary/aromatic N) is 2. The van der Waals surface area contributed by atoms with E-state index >= 15 is 0 Å². The van der Waals surface area contributed by atoms with Crippen LogP contribution >= 0.6 is 11.3 Å². The van der Waals surface area contributed by atoms with Gasteiger partial charge in [0.25, 0.3) is 0 Å². The van der Waals surface area contributed by atoms with Crippen molar-refractivity contribution in [2.45, 2.75) is 6.92 Å². The second-order valence-electron chi connectivity index (χ2n) is 4.47. The van der Waals surface area contributed by atoms with Gasteiger partial charge in [-0.2, -0.15) is 0 Å². The maximum atomic E-state index is 11.0. The van der Waals surface area contributed by atoms with Crippen LogP contribution in [0.4, 0.5) is 5.13 Å². The maximum Gasteiger partial charge on any atom is 0.224 e. The molecule has 1 saturated heterocycles. The third kappa shape index (κ3) is 1.76. The van der Waals surface area contributed by atoms with Gasteiger partial charge in [-0.05, 0) is 24.6 Å². The number of anilines is 1. The Morgan fingerprint density at radius 2 is 2.29 bits per heavy atom. The van der Waals surface area contributed by atoms with E-state index in [0.717, 1.165) is 10.6 Å². The predicted octanol–water partition coefficient (Wildman–Crippen LogP) is 1.53. The molecule has 0 saturated carbocycles. The lowest BCUT2D eigenvalue weighted by molar-refractivity contribution is -0.122. The molecule has 2 aromatic rings. The van der Waals surface area contributed by atoms with Crippen LogP contribution in [0.3, 0.4) is 0 Å². The highest BCUT2D eigenvalue weighted by molar-refractivity contribution is 7.22. The van der Waals surface area contributed by atoms with Crippen molar-refractivity contribution < 1.29 is 4.79 Å². The number of aryl methyl sites for hydroxylation is 1. The molecule has 1 aromatic heterocycles. The van der Waals surface area contributed by atoms with Crippen molar-refractivity contribution in [3.8, 4) is 0 Å². The summed E-state index contributed by atoms with van der Waals surface area (Å²) in [5, 5.41) is 0.989. The van der Waals surface area contributed by atoms with Crippen LogP contribution in [-0.2, 0) is 4.79 Å². The topological polar surface area (TPSA) is 59.2 Å². The molecule has 1 fully saturated rings. The van der Waals surface area contributed by atoms with Crippen LogP contribution in [0.2, 0.25) is 0 Å². The highest BCUT2D eigenvalue weighted by Crippen LogP contribution is 2.33. The van der Waals surface area contributed by atoms with E-state index in [9.17, 15) is 4.79 Å². The molecule has 17 heavy (non-hydrogen) atoms. The van der Waals surface area contributed by atoms with E-state index in [1.807, 2.05) is 6.07 Å². The number of rotatable bonds is 2. The molecular weight excluding hydrogens is 234 g/mol. The molecule has 4 nitrogen and oxygen atoms in total. The van der Waals surface area contributed by atoms with Gasteiger partial charge in [-0.15, -0.1) is 0 Å². The van der Waals surface area contributed by atoms with Crippen LogP contribution in [0.1, 0.15) is 5.56 Å². The summed E-state index contributed by atoms with van der Waals surface area (Å²) in [6, 6.07) is 6.24. The second kappa shape index (κ2) is 3.70. The molecular formula is C12H13N3OS. The summed E-state index contributed by atoms with van der Waals surface area (Å²) in [7, 11) is 0. The van der Waals surface area contributed by atoms with Gasteiger partial charge in [0.2, 0.25) is 5.91 Å². The number of carbonyl (C=O) groups is 1. The van der Waals surface area contributed by atoms with Crippen molar-refractivity contribution in [3.63, 3.8) is 0 Å². The molecule has 0 radical (unpaired) electrons. The van der Waals surface area contributed by atoms with Gasteiger partial charge >= 0.3 is 0 Å². The Kier molecular flexibility index (Phi) is 2.29. The number of primary amides is 1. The summed E-state index contributed by atoms with van der Waals surface area (Å²) in [6.07, 6.45) is 0. The Bertz CT molecular complexity index is 586. The first-order chi connectivity index (χ1) is 8.13. The van der Waals surface area contributed by atoms with Crippen molar-refractivity contribution in [1.82, 2.24) is 4.98 Å². The summed E-state index contributed by atoms with van der Waals surface area (Å²) >= 11 is 1.67. The molecule has 0 spiro atoms. The number of thiazole rings is 1. The van der Waals surface area contributed by atoms with Gasteiger partial charge in [-0.25, -0.2) is 4.98 Å². The first kappa shape index (κ1) is 10.5. The molecule has 1 aliphatic heterocycles. The maximum absolute atomic E-state index is 11.0. The number of carbonyl (C=O) groups excluding carboxylic acids is 1. The molecule has 0 bridgehead atoms. The third-order valence-electron chi connectivity index (χ3n) is 3.09. The van der Waals surface area contributed by atoms with Crippen molar-refractivity contribution in [2.75, 3.05) is 18.0 Å². The fraction of sp³-hybridized carbons (Fsp3) is 0.333. The van der Waals surface area contributed by atoms with E-state index < -0.39 is 0 Å². The lowest BCUT2D eigenvalue weighted by Gasteiger charge is -2.36. The van der Waals surface area contributed by atoms with E-state index in [4.69, 9.17) is 5.73 Å².